The molecule has 0 aromatic heterocycles. The Labute approximate surface area is 118 Å². The van der Waals surface area contributed by atoms with Gasteiger partial charge >= 0.3 is 5.97 Å². The molecule has 0 saturated heterocycles. The Kier molecular flexibility index (Phi) is 12.2. The van der Waals surface area contributed by atoms with Crippen LogP contribution in [0.4, 0.5) is 0 Å². The lowest BCUT2D eigenvalue weighted by Crippen LogP contribution is -2.17. The lowest BCUT2D eigenvalue weighted by Gasteiger charge is -2.05. The number of aromatic carboxylic acids is 1. The molecule has 0 spiro atoms. The predicted molar refractivity (Wildman–Crippen MR) is 74.4 cm³/mol. The third kappa shape index (κ3) is 7.47. The van der Waals surface area contributed by atoms with E-state index in [0.29, 0.717) is 18.7 Å². The summed E-state index contributed by atoms with van der Waals surface area (Å²) in [5, 5.41) is 12.0. The van der Waals surface area contributed by atoms with Gasteiger partial charge in [-0.2, -0.15) is 0 Å². The molecule has 0 aliphatic rings. The number of hydrogen-bond donors (Lipinski definition) is 3. The second-order valence-corrected chi connectivity index (χ2v) is 3.41. The van der Waals surface area contributed by atoms with Gasteiger partial charge in [-0.15, -0.1) is 24.8 Å². The number of halogens is 2. The molecule has 1 rings (SSSR count). The van der Waals surface area contributed by atoms with Gasteiger partial charge in [-0.3, -0.25) is 0 Å². The molecule has 104 valence electrons. The highest BCUT2D eigenvalue weighted by Gasteiger charge is 2.02. The van der Waals surface area contributed by atoms with Crippen LogP contribution in [0.2, 0.25) is 0 Å². The number of carboxylic acid groups (broad SMARTS) is 1. The van der Waals surface area contributed by atoms with Crippen molar-refractivity contribution in [2.75, 3.05) is 13.2 Å². The van der Waals surface area contributed by atoms with E-state index in [2.05, 4.69) is 10.2 Å². The standard InChI is InChI=1S/C11H16N2O3.2ClH/c12-16-6-2-5-13-8-9-3-1-4-10(7-9)11(14)15;;/h1,3-4,7,13H,2,5-6,8,12H2,(H,14,15);2*1H. The molecule has 5 nitrogen and oxygen atoms in total. The zero-order chi connectivity index (χ0) is 11.8. The van der Waals surface area contributed by atoms with E-state index in [9.17, 15) is 4.79 Å². The molecule has 18 heavy (non-hydrogen) atoms. The first kappa shape index (κ1) is 19.5. The first-order valence-corrected chi connectivity index (χ1v) is 5.08. The second kappa shape index (κ2) is 11.3. The van der Waals surface area contributed by atoms with Gasteiger partial charge in [0.15, 0.2) is 0 Å². The van der Waals surface area contributed by atoms with Gasteiger partial charge in [0.05, 0.1) is 12.2 Å². The van der Waals surface area contributed by atoms with Crippen molar-refractivity contribution in [3.05, 3.63) is 35.4 Å². The normalized spacial score (nSPS) is 9.17. The van der Waals surface area contributed by atoms with Crippen LogP contribution in [0.5, 0.6) is 0 Å². The Morgan fingerprint density at radius 2 is 2.11 bits per heavy atom. The van der Waals surface area contributed by atoms with Gasteiger partial charge in [-0.05, 0) is 30.7 Å². The van der Waals surface area contributed by atoms with Gasteiger partial charge in [0.2, 0.25) is 0 Å². The highest BCUT2D eigenvalue weighted by atomic mass is 35.5. The van der Waals surface area contributed by atoms with Crippen LogP contribution in [0.3, 0.4) is 0 Å². The number of hydrogen-bond acceptors (Lipinski definition) is 4. The summed E-state index contributed by atoms with van der Waals surface area (Å²) < 4.78 is 0. The molecular weight excluding hydrogens is 279 g/mol. The monoisotopic (exact) mass is 296 g/mol. The fraction of sp³-hybridized carbons (Fsp3) is 0.364. The summed E-state index contributed by atoms with van der Waals surface area (Å²) in [5.74, 6) is 3.98. The zero-order valence-electron chi connectivity index (χ0n) is 9.80. The van der Waals surface area contributed by atoms with Gasteiger partial charge in [-0.25, -0.2) is 10.7 Å². The topological polar surface area (TPSA) is 84.6 Å². The smallest absolute Gasteiger partial charge is 0.335 e. The van der Waals surface area contributed by atoms with Crippen LogP contribution in [0, 0.1) is 0 Å². The summed E-state index contributed by atoms with van der Waals surface area (Å²) in [4.78, 5) is 15.1. The largest absolute Gasteiger partial charge is 0.478 e. The van der Waals surface area contributed by atoms with Crippen molar-refractivity contribution in [3.63, 3.8) is 0 Å². The Morgan fingerprint density at radius 1 is 1.39 bits per heavy atom. The molecular formula is C11H18Cl2N2O3. The maximum Gasteiger partial charge on any atom is 0.335 e. The SMILES string of the molecule is Cl.Cl.NOCCCNCc1cccc(C(=O)O)c1. The van der Waals surface area contributed by atoms with E-state index in [-0.39, 0.29) is 24.8 Å². The lowest BCUT2D eigenvalue weighted by atomic mass is 10.1. The Hall–Kier alpha value is -0.850. The van der Waals surface area contributed by atoms with Crippen LogP contribution >= 0.6 is 24.8 Å². The third-order valence-corrected chi connectivity index (χ3v) is 2.12. The zero-order valence-corrected chi connectivity index (χ0v) is 11.4. The Balaban J connectivity index is 0. The average molecular weight is 297 g/mol. The van der Waals surface area contributed by atoms with E-state index in [4.69, 9.17) is 11.0 Å². The molecule has 0 heterocycles. The molecule has 0 fully saturated rings. The molecule has 0 aliphatic heterocycles. The van der Waals surface area contributed by atoms with Gasteiger partial charge in [0.25, 0.3) is 0 Å². The van der Waals surface area contributed by atoms with Crippen LogP contribution in [-0.4, -0.2) is 24.2 Å². The van der Waals surface area contributed by atoms with Crippen molar-refractivity contribution in [1.29, 1.82) is 0 Å². The molecule has 0 amide bonds. The minimum absolute atomic E-state index is 0. The van der Waals surface area contributed by atoms with Crippen molar-refractivity contribution in [2.24, 2.45) is 5.90 Å². The molecule has 1 aromatic rings. The summed E-state index contributed by atoms with van der Waals surface area (Å²) in [6.07, 6.45) is 0.828. The third-order valence-electron chi connectivity index (χ3n) is 2.12. The van der Waals surface area contributed by atoms with E-state index >= 15 is 0 Å². The summed E-state index contributed by atoms with van der Waals surface area (Å²) in [6, 6.07) is 6.87. The molecule has 0 aliphatic carbocycles. The maximum absolute atomic E-state index is 10.7. The van der Waals surface area contributed by atoms with Crippen LogP contribution in [0.1, 0.15) is 22.3 Å². The van der Waals surface area contributed by atoms with Crippen molar-refractivity contribution < 1.29 is 14.7 Å². The second-order valence-electron chi connectivity index (χ2n) is 3.41. The summed E-state index contributed by atoms with van der Waals surface area (Å²) in [7, 11) is 0. The van der Waals surface area contributed by atoms with Gasteiger partial charge in [0.1, 0.15) is 0 Å². The van der Waals surface area contributed by atoms with Crippen molar-refractivity contribution in [1.82, 2.24) is 5.32 Å². The maximum atomic E-state index is 10.7. The quantitative estimate of drug-likeness (QED) is 0.526. The fourth-order valence-electron chi connectivity index (χ4n) is 1.33. The summed E-state index contributed by atoms with van der Waals surface area (Å²) in [6.45, 7) is 1.95. The molecule has 4 N–H and O–H groups in total. The van der Waals surface area contributed by atoms with Gasteiger partial charge in [-0.1, -0.05) is 12.1 Å². The first-order valence-electron chi connectivity index (χ1n) is 5.08. The average Bonchev–Trinajstić information content (AvgIpc) is 2.29. The Morgan fingerprint density at radius 3 is 2.72 bits per heavy atom. The minimum Gasteiger partial charge on any atom is -0.478 e. The van der Waals surface area contributed by atoms with Crippen molar-refractivity contribution in [2.45, 2.75) is 13.0 Å². The molecule has 0 atom stereocenters. The lowest BCUT2D eigenvalue weighted by molar-refractivity contribution is 0.0696. The summed E-state index contributed by atoms with van der Waals surface area (Å²) in [5.41, 5.74) is 1.26. The Bertz CT molecular complexity index is 351. The van der Waals surface area contributed by atoms with Gasteiger partial charge in [0, 0.05) is 6.54 Å². The highest BCUT2D eigenvalue weighted by molar-refractivity contribution is 5.87. The first-order chi connectivity index (χ1) is 7.74. The molecule has 0 unspecified atom stereocenters. The van der Waals surface area contributed by atoms with Crippen LogP contribution in [0.15, 0.2) is 24.3 Å². The van der Waals surface area contributed by atoms with Crippen LogP contribution in [-0.2, 0) is 11.4 Å². The summed E-state index contributed by atoms with van der Waals surface area (Å²) >= 11 is 0. The van der Waals surface area contributed by atoms with E-state index < -0.39 is 5.97 Å². The number of nitrogens with one attached hydrogen (secondary N) is 1. The van der Waals surface area contributed by atoms with Crippen LogP contribution < -0.4 is 11.2 Å². The van der Waals surface area contributed by atoms with E-state index in [1.165, 1.54) is 0 Å². The minimum atomic E-state index is -0.904. The number of nitrogens with two attached hydrogens (primary N) is 1. The predicted octanol–water partition coefficient (Wildman–Crippen LogP) is 1.60. The molecule has 1 aromatic carbocycles. The molecule has 7 heteroatoms. The number of benzene rings is 1. The number of rotatable bonds is 7. The van der Waals surface area contributed by atoms with E-state index in [1.807, 2.05) is 6.07 Å². The van der Waals surface area contributed by atoms with Gasteiger partial charge < -0.3 is 15.3 Å². The van der Waals surface area contributed by atoms with E-state index in [1.54, 1.807) is 18.2 Å². The van der Waals surface area contributed by atoms with E-state index in [0.717, 1.165) is 18.5 Å². The molecule has 0 saturated carbocycles. The number of carbonyl (C=O) groups is 1. The highest BCUT2D eigenvalue weighted by Crippen LogP contribution is 2.04. The number of carboxylic acids is 1. The van der Waals surface area contributed by atoms with Crippen molar-refractivity contribution >= 4 is 30.8 Å². The van der Waals surface area contributed by atoms with Crippen molar-refractivity contribution in [3.8, 4) is 0 Å². The van der Waals surface area contributed by atoms with Crippen LogP contribution in [0.25, 0.3) is 0 Å². The molecule has 0 radical (unpaired) electrons. The fourth-order valence-corrected chi connectivity index (χ4v) is 1.33. The molecule has 0 bridgehead atoms.